The first-order valence-electron chi connectivity index (χ1n) is 10.4. The second kappa shape index (κ2) is 7.49. The molecule has 162 valence electrons. The van der Waals surface area contributed by atoms with Crippen molar-refractivity contribution in [1.29, 1.82) is 0 Å². The summed E-state index contributed by atoms with van der Waals surface area (Å²) in [5.41, 5.74) is 1.75. The van der Waals surface area contributed by atoms with Crippen LogP contribution in [0.15, 0.2) is 36.8 Å². The zero-order valence-electron chi connectivity index (χ0n) is 17.2. The number of aliphatic hydroxyl groups excluding tert-OH is 1. The number of aromatic nitrogens is 3. The number of anilines is 2. The summed E-state index contributed by atoms with van der Waals surface area (Å²) in [5.74, 6) is 0.478. The first-order valence-corrected chi connectivity index (χ1v) is 10.4. The van der Waals surface area contributed by atoms with Gasteiger partial charge in [-0.15, -0.1) is 0 Å². The number of nitrogens with zero attached hydrogens (tertiary/aromatic N) is 4. The predicted octanol–water partition coefficient (Wildman–Crippen LogP) is 2.61. The van der Waals surface area contributed by atoms with Gasteiger partial charge in [-0.05, 0) is 19.1 Å². The third-order valence-electron chi connectivity index (χ3n) is 6.07. The Kier molecular flexibility index (Phi) is 4.77. The number of alkyl halides is 1. The molecule has 2 N–H and O–H groups in total. The van der Waals surface area contributed by atoms with E-state index in [4.69, 9.17) is 4.74 Å². The Morgan fingerprint density at radius 2 is 2.19 bits per heavy atom. The Morgan fingerprint density at radius 3 is 2.97 bits per heavy atom. The number of amides is 1. The summed E-state index contributed by atoms with van der Waals surface area (Å²) >= 11 is 0. The third kappa shape index (κ3) is 3.59. The first-order chi connectivity index (χ1) is 15.0. The minimum Gasteiger partial charge on any atom is -0.490 e. The van der Waals surface area contributed by atoms with E-state index in [0.29, 0.717) is 30.0 Å². The van der Waals surface area contributed by atoms with Crippen LogP contribution in [0.5, 0.6) is 5.75 Å². The molecule has 1 saturated heterocycles. The number of aliphatic hydroxyl groups is 1. The quantitative estimate of drug-likeness (QED) is 0.668. The number of benzene rings is 1. The molecule has 0 spiro atoms. The number of piperidine rings is 1. The van der Waals surface area contributed by atoms with E-state index in [1.165, 1.54) is 6.20 Å². The van der Waals surface area contributed by atoms with E-state index in [0.717, 1.165) is 23.4 Å². The molecule has 0 saturated carbocycles. The normalized spacial score (nSPS) is 19.8. The second-order valence-corrected chi connectivity index (χ2v) is 8.31. The van der Waals surface area contributed by atoms with Gasteiger partial charge in [0, 0.05) is 56.4 Å². The molecule has 2 aromatic heterocycles. The minimum absolute atomic E-state index is 0.0619. The van der Waals surface area contributed by atoms with Crippen molar-refractivity contribution in [1.82, 2.24) is 14.6 Å². The highest BCUT2D eigenvalue weighted by Gasteiger charge is 2.35. The van der Waals surface area contributed by atoms with Crippen molar-refractivity contribution >= 4 is 22.9 Å². The molecule has 31 heavy (non-hydrogen) atoms. The van der Waals surface area contributed by atoms with Gasteiger partial charge in [0.05, 0.1) is 24.2 Å². The standard InChI is InChI=1S/C22H24FN5O3/c1-14-9-15-10-17(26-21(30)16-12-25-28-6-2-5-24-20(16)28)18(11-19(15)31-14)27-7-3-22(23,13-29)4-8-27/h2,5-6,10-12,14,29H,3-4,7-9,13H2,1H3,(H,26,30). The zero-order valence-corrected chi connectivity index (χ0v) is 17.2. The van der Waals surface area contributed by atoms with Gasteiger partial charge in [0.15, 0.2) is 5.65 Å². The number of carbonyl (C=O) groups is 1. The van der Waals surface area contributed by atoms with Gasteiger partial charge in [0.25, 0.3) is 5.91 Å². The van der Waals surface area contributed by atoms with Crippen molar-refractivity contribution in [3.8, 4) is 5.75 Å². The van der Waals surface area contributed by atoms with Crippen LogP contribution in [-0.4, -0.2) is 57.1 Å². The summed E-state index contributed by atoms with van der Waals surface area (Å²) in [6.45, 7) is 2.40. The molecule has 0 bridgehead atoms. The molecule has 1 atom stereocenters. The van der Waals surface area contributed by atoms with Gasteiger partial charge in [-0.25, -0.2) is 13.9 Å². The van der Waals surface area contributed by atoms with Crippen molar-refractivity contribution in [2.45, 2.75) is 38.0 Å². The number of hydrogen-bond donors (Lipinski definition) is 2. The van der Waals surface area contributed by atoms with Gasteiger partial charge < -0.3 is 20.1 Å². The fourth-order valence-electron chi connectivity index (χ4n) is 4.30. The van der Waals surface area contributed by atoms with Crippen LogP contribution < -0.4 is 15.0 Å². The molecule has 3 aromatic rings. The number of carbonyl (C=O) groups excluding carboxylic acids is 1. The average Bonchev–Trinajstić information content (AvgIpc) is 3.36. The van der Waals surface area contributed by atoms with Crippen molar-refractivity contribution in [3.05, 3.63) is 47.9 Å². The molecule has 0 radical (unpaired) electrons. The van der Waals surface area contributed by atoms with Crippen molar-refractivity contribution < 1.29 is 19.0 Å². The van der Waals surface area contributed by atoms with Crippen LogP contribution in [0, 0.1) is 0 Å². The van der Waals surface area contributed by atoms with Crippen molar-refractivity contribution in [2.24, 2.45) is 0 Å². The zero-order chi connectivity index (χ0) is 21.6. The van der Waals surface area contributed by atoms with Crippen LogP contribution in [0.4, 0.5) is 15.8 Å². The van der Waals surface area contributed by atoms with Crippen molar-refractivity contribution in [2.75, 3.05) is 29.9 Å². The molecule has 5 rings (SSSR count). The smallest absolute Gasteiger partial charge is 0.261 e. The van der Waals surface area contributed by atoms with E-state index in [-0.39, 0.29) is 24.9 Å². The third-order valence-corrected chi connectivity index (χ3v) is 6.07. The van der Waals surface area contributed by atoms with Gasteiger partial charge >= 0.3 is 0 Å². The molecule has 1 aromatic carbocycles. The van der Waals surface area contributed by atoms with Crippen LogP contribution in [0.1, 0.15) is 35.7 Å². The van der Waals surface area contributed by atoms with Gasteiger partial charge in [-0.1, -0.05) is 0 Å². The fraction of sp³-hybridized carbons (Fsp3) is 0.409. The maximum Gasteiger partial charge on any atom is 0.261 e. The van der Waals surface area contributed by atoms with Crippen LogP contribution in [0.2, 0.25) is 0 Å². The van der Waals surface area contributed by atoms with Crippen LogP contribution in [0.25, 0.3) is 5.65 Å². The predicted molar refractivity (Wildman–Crippen MR) is 114 cm³/mol. The maximum absolute atomic E-state index is 14.5. The molecule has 2 aliphatic rings. The molecule has 0 aliphatic carbocycles. The lowest BCUT2D eigenvalue weighted by Crippen LogP contribution is -2.44. The monoisotopic (exact) mass is 425 g/mol. The molecule has 8 nitrogen and oxygen atoms in total. The highest BCUT2D eigenvalue weighted by atomic mass is 19.1. The Morgan fingerprint density at radius 1 is 1.39 bits per heavy atom. The molecule has 1 fully saturated rings. The molecule has 1 unspecified atom stereocenters. The van der Waals surface area contributed by atoms with Crippen molar-refractivity contribution in [3.63, 3.8) is 0 Å². The topological polar surface area (TPSA) is 92.0 Å². The number of halogens is 1. The molecule has 1 amide bonds. The number of rotatable bonds is 4. The first kappa shape index (κ1) is 19.7. The summed E-state index contributed by atoms with van der Waals surface area (Å²) in [7, 11) is 0. The van der Waals surface area contributed by atoms with Crippen LogP contribution >= 0.6 is 0 Å². The van der Waals surface area contributed by atoms with Crippen LogP contribution in [0.3, 0.4) is 0 Å². The van der Waals surface area contributed by atoms with E-state index >= 15 is 0 Å². The van der Waals surface area contributed by atoms with Crippen LogP contribution in [-0.2, 0) is 6.42 Å². The molecule has 2 aliphatic heterocycles. The molecular weight excluding hydrogens is 401 g/mol. The van der Waals surface area contributed by atoms with Gasteiger partial charge in [-0.2, -0.15) is 5.10 Å². The fourth-order valence-corrected chi connectivity index (χ4v) is 4.30. The molecule has 4 heterocycles. The summed E-state index contributed by atoms with van der Waals surface area (Å²) < 4.78 is 22.0. The highest BCUT2D eigenvalue weighted by Crippen LogP contribution is 2.40. The van der Waals surface area contributed by atoms with E-state index in [2.05, 4.69) is 15.4 Å². The summed E-state index contributed by atoms with van der Waals surface area (Å²) in [4.78, 5) is 19.4. The summed E-state index contributed by atoms with van der Waals surface area (Å²) in [6.07, 6.45) is 6.12. The Balaban J connectivity index is 1.47. The second-order valence-electron chi connectivity index (χ2n) is 8.31. The molecule has 9 heteroatoms. The van der Waals surface area contributed by atoms with Gasteiger partial charge in [-0.3, -0.25) is 4.79 Å². The lowest BCUT2D eigenvalue weighted by Gasteiger charge is -2.37. The van der Waals surface area contributed by atoms with Gasteiger partial charge in [0.2, 0.25) is 0 Å². The lowest BCUT2D eigenvalue weighted by molar-refractivity contribution is 0.0481. The van der Waals surface area contributed by atoms with E-state index < -0.39 is 12.3 Å². The van der Waals surface area contributed by atoms with Gasteiger partial charge in [0.1, 0.15) is 23.1 Å². The average molecular weight is 425 g/mol. The minimum atomic E-state index is -1.55. The largest absolute Gasteiger partial charge is 0.490 e. The van der Waals surface area contributed by atoms with E-state index in [1.54, 1.807) is 23.0 Å². The Hall–Kier alpha value is -3.20. The number of nitrogens with one attached hydrogen (secondary N) is 1. The Bertz CT molecular complexity index is 1140. The number of ether oxygens (including phenoxy) is 1. The van der Waals surface area contributed by atoms with E-state index in [1.807, 2.05) is 24.0 Å². The maximum atomic E-state index is 14.5. The summed E-state index contributed by atoms with van der Waals surface area (Å²) in [5, 5.41) is 16.5. The Labute approximate surface area is 178 Å². The number of fused-ring (bicyclic) bond motifs is 2. The number of hydrogen-bond acceptors (Lipinski definition) is 6. The van der Waals surface area contributed by atoms with E-state index in [9.17, 15) is 14.3 Å². The lowest BCUT2D eigenvalue weighted by atomic mass is 9.93. The molecular formula is C22H24FN5O3. The summed E-state index contributed by atoms with van der Waals surface area (Å²) in [6, 6.07) is 5.61. The highest BCUT2D eigenvalue weighted by molar-refractivity contribution is 6.09. The SMILES string of the molecule is CC1Cc2cc(NC(=O)c3cnn4cccnc34)c(N3CCC(F)(CO)CC3)cc2O1.